The van der Waals surface area contributed by atoms with Crippen LogP contribution in [0.4, 0.5) is 10.5 Å². The summed E-state index contributed by atoms with van der Waals surface area (Å²) in [6.07, 6.45) is 0.159. The van der Waals surface area contributed by atoms with E-state index in [2.05, 4.69) is 5.32 Å². The van der Waals surface area contributed by atoms with Crippen molar-refractivity contribution in [3.63, 3.8) is 0 Å². The maximum atomic E-state index is 13.4. The standard InChI is InChI=1S/C25H25N3O6S/c1-17-8-6-7-11-23(17)35(31,32)27-25(30)26-20(14-18-9-4-3-5-10-18)24(29)28(2)19-12-13-21-22(15-19)34-16-33-21/h3-13,15,20H,14,16H2,1-2H3,(H2,26,27,30). The molecule has 0 spiro atoms. The summed E-state index contributed by atoms with van der Waals surface area (Å²) in [6.45, 7) is 1.73. The molecule has 0 saturated carbocycles. The van der Waals surface area contributed by atoms with Gasteiger partial charge in [-0.15, -0.1) is 0 Å². The number of urea groups is 1. The van der Waals surface area contributed by atoms with Crippen LogP contribution in [0.5, 0.6) is 11.5 Å². The molecule has 1 aliphatic heterocycles. The fourth-order valence-corrected chi connectivity index (χ4v) is 4.89. The number of nitrogens with zero attached hydrogens (tertiary/aromatic N) is 1. The lowest BCUT2D eigenvalue weighted by atomic mass is 10.0. The van der Waals surface area contributed by atoms with Gasteiger partial charge in [-0.25, -0.2) is 17.9 Å². The molecule has 0 saturated heterocycles. The Balaban J connectivity index is 1.55. The zero-order valence-corrected chi connectivity index (χ0v) is 20.0. The second-order valence-electron chi connectivity index (χ2n) is 8.02. The minimum Gasteiger partial charge on any atom is -0.454 e. The molecule has 9 nitrogen and oxygen atoms in total. The third-order valence-corrected chi connectivity index (χ3v) is 7.06. The Bertz CT molecular complexity index is 1340. The molecule has 3 amide bonds. The number of amides is 3. The van der Waals surface area contributed by atoms with Gasteiger partial charge in [0.1, 0.15) is 6.04 Å². The highest BCUT2D eigenvalue weighted by molar-refractivity contribution is 7.90. The molecule has 1 aliphatic rings. The van der Waals surface area contributed by atoms with Crippen LogP contribution in [0, 0.1) is 6.92 Å². The summed E-state index contributed by atoms with van der Waals surface area (Å²) in [4.78, 5) is 27.6. The summed E-state index contributed by atoms with van der Waals surface area (Å²) in [5, 5.41) is 2.54. The first-order valence-corrected chi connectivity index (χ1v) is 12.3. The highest BCUT2D eigenvalue weighted by Gasteiger charge is 2.28. The van der Waals surface area contributed by atoms with E-state index in [1.54, 1.807) is 50.4 Å². The van der Waals surface area contributed by atoms with Gasteiger partial charge < -0.3 is 19.7 Å². The van der Waals surface area contributed by atoms with Crippen molar-refractivity contribution in [3.8, 4) is 11.5 Å². The molecule has 10 heteroatoms. The number of likely N-dealkylation sites (N-methyl/N-ethyl adjacent to an activating group) is 1. The van der Waals surface area contributed by atoms with E-state index in [9.17, 15) is 18.0 Å². The number of aryl methyl sites for hydroxylation is 1. The van der Waals surface area contributed by atoms with E-state index < -0.39 is 28.0 Å². The van der Waals surface area contributed by atoms with E-state index in [1.807, 2.05) is 35.1 Å². The Morgan fingerprint density at radius 1 is 0.971 bits per heavy atom. The smallest absolute Gasteiger partial charge is 0.329 e. The Hall–Kier alpha value is -4.05. The monoisotopic (exact) mass is 495 g/mol. The van der Waals surface area contributed by atoms with Gasteiger partial charge >= 0.3 is 6.03 Å². The molecule has 1 heterocycles. The summed E-state index contributed by atoms with van der Waals surface area (Å²) in [6, 6.07) is 18.5. The normalized spacial score (nSPS) is 13.1. The maximum absolute atomic E-state index is 13.4. The number of carbonyl (C=O) groups is 2. The molecule has 0 fully saturated rings. The molecule has 0 aromatic heterocycles. The van der Waals surface area contributed by atoms with E-state index in [0.29, 0.717) is 22.7 Å². The van der Waals surface area contributed by atoms with Gasteiger partial charge in [0.25, 0.3) is 10.0 Å². The van der Waals surface area contributed by atoms with E-state index >= 15 is 0 Å². The van der Waals surface area contributed by atoms with Gasteiger partial charge in [0.2, 0.25) is 12.7 Å². The number of hydrogen-bond donors (Lipinski definition) is 2. The molecule has 1 atom stereocenters. The molecule has 182 valence electrons. The minimum atomic E-state index is -4.13. The van der Waals surface area contributed by atoms with Crippen molar-refractivity contribution in [3.05, 3.63) is 83.9 Å². The third kappa shape index (κ3) is 5.55. The average molecular weight is 496 g/mol. The second-order valence-corrected chi connectivity index (χ2v) is 9.67. The Labute approximate surface area is 203 Å². The van der Waals surface area contributed by atoms with E-state index in [-0.39, 0.29) is 18.1 Å². The molecule has 4 rings (SSSR count). The number of anilines is 1. The van der Waals surface area contributed by atoms with Crippen LogP contribution in [0.15, 0.2) is 77.7 Å². The molecule has 35 heavy (non-hydrogen) atoms. The van der Waals surface area contributed by atoms with Crippen LogP contribution in [-0.4, -0.2) is 40.2 Å². The fraction of sp³-hybridized carbons (Fsp3) is 0.200. The summed E-state index contributed by atoms with van der Waals surface area (Å²) in [5.74, 6) is 0.655. The van der Waals surface area contributed by atoms with Crippen LogP contribution in [0.2, 0.25) is 0 Å². The lowest BCUT2D eigenvalue weighted by molar-refractivity contribution is -0.120. The summed E-state index contributed by atoms with van der Waals surface area (Å²) >= 11 is 0. The number of carbonyl (C=O) groups excluding carboxylic acids is 2. The van der Waals surface area contributed by atoms with Gasteiger partial charge in [0.05, 0.1) is 4.90 Å². The summed E-state index contributed by atoms with van der Waals surface area (Å²) < 4.78 is 38.2. The zero-order valence-electron chi connectivity index (χ0n) is 19.2. The summed E-state index contributed by atoms with van der Waals surface area (Å²) in [7, 11) is -2.56. The van der Waals surface area contributed by atoms with Gasteiger partial charge in [-0.1, -0.05) is 48.5 Å². The predicted octanol–water partition coefficient (Wildman–Crippen LogP) is 2.99. The molecular formula is C25H25N3O6S. The Kier molecular flexibility index (Phi) is 6.92. The maximum Gasteiger partial charge on any atom is 0.329 e. The second kappa shape index (κ2) is 10.1. The van der Waals surface area contributed by atoms with Crippen molar-refractivity contribution in [2.75, 3.05) is 18.7 Å². The van der Waals surface area contributed by atoms with Gasteiger partial charge in [0, 0.05) is 25.2 Å². The number of rotatable bonds is 7. The molecule has 0 radical (unpaired) electrons. The van der Waals surface area contributed by atoms with Crippen molar-refractivity contribution in [2.45, 2.75) is 24.3 Å². The van der Waals surface area contributed by atoms with E-state index in [1.165, 1.54) is 11.0 Å². The van der Waals surface area contributed by atoms with Crippen molar-refractivity contribution in [2.24, 2.45) is 0 Å². The lowest BCUT2D eigenvalue weighted by Crippen LogP contribution is -2.52. The van der Waals surface area contributed by atoms with Crippen LogP contribution < -0.4 is 24.4 Å². The van der Waals surface area contributed by atoms with Crippen LogP contribution in [-0.2, 0) is 21.2 Å². The predicted molar refractivity (Wildman–Crippen MR) is 130 cm³/mol. The van der Waals surface area contributed by atoms with Crippen molar-refractivity contribution in [1.29, 1.82) is 0 Å². The first kappa shape index (κ1) is 24.1. The van der Waals surface area contributed by atoms with E-state index in [0.717, 1.165) is 5.56 Å². The number of nitrogens with one attached hydrogen (secondary N) is 2. The molecule has 3 aromatic carbocycles. The van der Waals surface area contributed by atoms with Gasteiger partial charge in [-0.3, -0.25) is 4.79 Å². The lowest BCUT2D eigenvalue weighted by Gasteiger charge is -2.25. The zero-order chi connectivity index (χ0) is 25.0. The SMILES string of the molecule is Cc1ccccc1S(=O)(=O)NC(=O)NC(Cc1ccccc1)C(=O)N(C)c1ccc2c(c1)OCO2. The molecular weight excluding hydrogens is 470 g/mol. The first-order chi connectivity index (χ1) is 16.7. The quantitative estimate of drug-likeness (QED) is 0.521. The van der Waals surface area contributed by atoms with Gasteiger partial charge in [-0.2, -0.15) is 0 Å². The minimum absolute atomic E-state index is 0.0152. The summed E-state index contributed by atoms with van der Waals surface area (Å²) in [5.41, 5.74) is 1.83. The molecule has 3 aromatic rings. The van der Waals surface area contributed by atoms with Gasteiger partial charge in [0.15, 0.2) is 11.5 Å². The van der Waals surface area contributed by atoms with Crippen LogP contribution >= 0.6 is 0 Å². The highest BCUT2D eigenvalue weighted by Crippen LogP contribution is 2.35. The average Bonchev–Trinajstić information content (AvgIpc) is 3.31. The van der Waals surface area contributed by atoms with Crippen molar-refractivity contribution >= 4 is 27.6 Å². The van der Waals surface area contributed by atoms with Crippen LogP contribution in [0.1, 0.15) is 11.1 Å². The first-order valence-electron chi connectivity index (χ1n) is 10.8. The van der Waals surface area contributed by atoms with E-state index in [4.69, 9.17) is 9.47 Å². The topological polar surface area (TPSA) is 114 Å². The number of fused-ring (bicyclic) bond motifs is 1. The molecule has 0 aliphatic carbocycles. The molecule has 1 unspecified atom stereocenters. The number of sulfonamides is 1. The molecule has 2 N–H and O–H groups in total. The van der Waals surface area contributed by atoms with Crippen LogP contribution in [0.3, 0.4) is 0 Å². The number of benzene rings is 3. The Morgan fingerprint density at radius 2 is 1.66 bits per heavy atom. The van der Waals surface area contributed by atoms with Crippen molar-refractivity contribution in [1.82, 2.24) is 10.0 Å². The number of ether oxygens (including phenoxy) is 2. The Morgan fingerprint density at radius 3 is 2.40 bits per heavy atom. The van der Waals surface area contributed by atoms with Gasteiger partial charge in [-0.05, 0) is 36.2 Å². The number of hydrogen-bond acceptors (Lipinski definition) is 6. The van der Waals surface area contributed by atoms with Crippen LogP contribution in [0.25, 0.3) is 0 Å². The fourth-order valence-electron chi connectivity index (χ4n) is 3.73. The molecule has 0 bridgehead atoms. The van der Waals surface area contributed by atoms with Crippen molar-refractivity contribution < 1.29 is 27.5 Å². The highest BCUT2D eigenvalue weighted by atomic mass is 32.2. The third-order valence-electron chi connectivity index (χ3n) is 5.57. The largest absolute Gasteiger partial charge is 0.454 e.